The zero-order valence-corrected chi connectivity index (χ0v) is 20.5. The molecule has 10 heteroatoms. The Bertz CT molecular complexity index is 1260. The molecule has 0 aliphatic carbocycles. The van der Waals surface area contributed by atoms with Crippen molar-refractivity contribution in [2.45, 2.75) is 24.7 Å². The number of thiophene rings is 1. The number of anilines is 1. The molecule has 2 aromatic carbocycles. The number of hydrogen-bond acceptors (Lipinski definition) is 5. The summed E-state index contributed by atoms with van der Waals surface area (Å²) in [5.41, 5.74) is 0.573. The maximum Gasteiger partial charge on any atom is 0.269 e. The second-order valence-corrected chi connectivity index (χ2v) is 11.5. The van der Waals surface area contributed by atoms with E-state index in [1.807, 2.05) is 24.3 Å². The minimum absolute atomic E-state index is 0.101. The maximum atomic E-state index is 12.8. The van der Waals surface area contributed by atoms with Crippen LogP contribution in [0, 0.1) is 5.92 Å². The lowest BCUT2D eigenvalue weighted by atomic mass is 10.0. The van der Waals surface area contributed by atoms with E-state index in [0.29, 0.717) is 34.6 Å². The Labute approximate surface area is 201 Å². The second kappa shape index (κ2) is 9.44. The van der Waals surface area contributed by atoms with Gasteiger partial charge in [-0.2, -0.15) is 4.31 Å². The number of thiocarbonyl (C=S) groups is 1. The highest BCUT2D eigenvalue weighted by Gasteiger charge is 2.28. The molecule has 1 saturated heterocycles. The standard InChI is InChI=1S/C22H22ClN3O3S3/c1-14-10-12-26(13-11-14)32(28,29)16-8-6-15(7-9-16)24-22(30)25-21(27)20-19(23)17-4-2-3-5-18(17)31-20/h2-9,14H,10-13H2,1H3,(H2,24,25,27,30). The van der Waals surface area contributed by atoms with Gasteiger partial charge in [-0.1, -0.05) is 36.7 Å². The fraction of sp³-hybridized carbons (Fsp3) is 0.273. The number of sulfonamides is 1. The van der Waals surface area contributed by atoms with E-state index in [1.165, 1.54) is 15.6 Å². The van der Waals surface area contributed by atoms with Crippen LogP contribution in [0.15, 0.2) is 53.4 Å². The summed E-state index contributed by atoms with van der Waals surface area (Å²) in [7, 11) is -3.51. The zero-order chi connectivity index (χ0) is 22.9. The molecule has 0 bridgehead atoms. The first kappa shape index (κ1) is 23.1. The van der Waals surface area contributed by atoms with E-state index in [9.17, 15) is 13.2 Å². The number of fused-ring (bicyclic) bond motifs is 1. The number of benzene rings is 2. The number of nitrogens with one attached hydrogen (secondary N) is 2. The number of rotatable bonds is 4. The van der Waals surface area contributed by atoms with Crippen LogP contribution < -0.4 is 10.6 Å². The van der Waals surface area contributed by atoms with Gasteiger partial charge in [-0.25, -0.2) is 8.42 Å². The number of halogens is 1. The molecule has 0 spiro atoms. The molecule has 168 valence electrons. The molecule has 6 nitrogen and oxygen atoms in total. The summed E-state index contributed by atoms with van der Waals surface area (Å²) in [5, 5.41) is 6.86. The Kier molecular flexibility index (Phi) is 6.83. The van der Waals surface area contributed by atoms with E-state index in [2.05, 4.69) is 17.6 Å². The maximum absolute atomic E-state index is 12.8. The van der Waals surface area contributed by atoms with Crippen LogP contribution >= 0.6 is 35.2 Å². The van der Waals surface area contributed by atoms with Gasteiger partial charge in [0, 0.05) is 28.9 Å². The van der Waals surface area contributed by atoms with Crippen molar-refractivity contribution in [1.29, 1.82) is 0 Å². The van der Waals surface area contributed by atoms with Crippen molar-refractivity contribution in [3.05, 3.63) is 58.4 Å². The largest absolute Gasteiger partial charge is 0.332 e. The Morgan fingerprint density at radius 1 is 1.12 bits per heavy atom. The number of carbonyl (C=O) groups is 1. The van der Waals surface area contributed by atoms with E-state index in [4.69, 9.17) is 23.8 Å². The van der Waals surface area contributed by atoms with Crippen LogP contribution in [0.5, 0.6) is 0 Å². The highest BCUT2D eigenvalue weighted by molar-refractivity contribution is 7.89. The predicted octanol–water partition coefficient (Wildman–Crippen LogP) is 5.10. The van der Waals surface area contributed by atoms with Gasteiger partial charge in [0.2, 0.25) is 10.0 Å². The van der Waals surface area contributed by atoms with Crippen LogP contribution in [-0.2, 0) is 10.0 Å². The normalized spacial score (nSPS) is 15.6. The fourth-order valence-electron chi connectivity index (χ4n) is 3.57. The molecule has 0 atom stereocenters. The molecule has 1 aliphatic rings. The van der Waals surface area contributed by atoms with Gasteiger partial charge in [0.25, 0.3) is 5.91 Å². The van der Waals surface area contributed by atoms with Gasteiger partial charge in [0.1, 0.15) is 4.88 Å². The summed E-state index contributed by atoms with van der Waals surface area (Å²) in [6.45, 7) is 3.22. The van der Waals surface area contributed by atoms with Crippen LogP contribution in [0.25, 0.3) is 10.1 Å². The summed E-state index contributed by atoms with van der Waals surface area (Å²) < 4.78 is 28.1. The van der Waals surface area contributed by atoms with Crippen molar-refractivity contribution in [1.82, 2.24) is 9.62 Å². The summed E-state index contributed by atoms with van der Waals surface area (Å²) in [5.74, 6) is 0.152. The van der Waals surface area contributed by atoms with Gasteiger partial charge in [0.15, 0.2) is 5.11 Å². The molecule has 0 saturated carbocycles. The molecule has 3 aromatic rings. The van der Waals surface area contributed by atoms with Crippen LogP contribution in [0.2, 0.25) is 5.02 Å². The lowest BCUT2D eigenvalue weighted by molar-refractivity contribution is 0.0982. The van der Waals surface area contributed by atoms with Crippen molar-refractivity contribution in [2.75, 3.05) is 18.4 Å². The number of hydrogen-bond donors (Lipinski definition) is 2. The van der Waals surface area contributed by atoms with Crippen molar-refractivity contribution in [2.24, 2.45) is 5.92 Å². The monoisotopic (exact) mass is 507 g/mol. The summed E-state index contributed by atoms with van der Waals surface area (Å²) >= 11 is 12.9. The van der Waals surface area contributed by atoms with E-state index in [1.54, 1.807) is 24.3 Å². The molecule has 32 heavy (non-hydrogen) atoms. The molecule has 1 aliphatic heterocycles. The third-order valence-electron chi connectivity index (χ3n) is 5.46. The third-order valence-corrected chi connectivity index (χ3v) is 9.25. The van der Waals surface area contributed by atoms with E-state index < -0.39 is 15.9 Å². The Hall–Kier alpha value is -2.04. The molecule has 0 unspecified atom stereocenters. The molecule has 4 rings (SSSR count). The smallest absolute Gasteiger partial charge is 0.269 e. The highest BCUT2D eigenvalue weighted by Crippen LogP contribution is 2.35. The molecular formula is C22H22ClN3O3S3. The van der Waals surface area contributed by atoms with E-state index in [-0.39, 0.29) is 10.0 Å². The fourth-order valence-corrected chi connectivity index (χ4v) is 6.66. The van der Waals surface area contributed by atoms with Gasteiger partial charge >= 0.3 is 0 Å². The SMILES string of the molecule is CC1CCN(S(=O)(=O)c2ccc(NC(=S)NC(=O)c3sc4ccccc4c3Cl)cc2)CC1. The lowest BCUT2D eigenvalue weighted by Gasteiger charge is -2.29. The molecule has 0 radical (unpaired) electrons. The Balaban J connectivity index is 1.40. The zero-order valence-electron chi connectivity index (χ0n) is 17.3. The first-order valence-electron chi connectivity index (χ1n) is 10.2. The average molecular weight is 508 g/mol. The van der Waals surface area contributed by atoms with Gasteiger partial charge < -0.3 is 5.32 Å². The number of amides is 1. The minimum atomic E-state index is -3.51. The van der Waals surface area contributed by atoms with Crippen LogP contribution in [0.4, 0.5) is 5.69 Å². The highest BCUT2D eigenvalue weighted by atomic mass is 35.5. The van der Waals surface area contributed by atoms with Crippen molar-refractivity contribution >= 4 is 72.0 Å². The molecule has 1 aromatic heterocycles. The van der Waals surface area contributed by atoms with E-state index in [0.717, 1.165) is 22.9 Å². The van der Waals surface area contributed by atoms with Crippen molar-refractivity contribution < 1.29 is 13.2 Å². The van der Waals surface area contributed by atoms with Gasteiger partial charge in [-0.05, 0) is 61.3 Å². The Morgan fingerprint density at radius 2 is 1.78 bits per heavy atom. The molecule has 1 fully saturated rings. The second-order valence-electron chi connectivity index (χ2n) is 7.76. The number of nitrogens with zero attached hydrogens (tertiary/aromatic N) is 1. The number of piperidine rings is 1. The van der Waals surface area contributed by atoms with Crippen LogP contribution in [0.3, 0.4) is 0 Å². The summed E-state index contributed by atoms with van der Waals surface area (Å²) in [4.78, 5) is 13.2. The summed E-state index contributed by atoms with van der Waals surface area (Å²) in [6.07, 6.45) is 1.74. The molecule has 2 N–H and O–H groups in total. The van der Waals surface area contributed by atoms with Gasteiger partial charge in [-0.3, -0.25) is 10.1 Å². The van der Waals surface area contributed by atoms with Crippen molar-refractivity contribution in [3.63, 3.8) is 0 Å². The van der Waals surface area contributed by atoms with Crippen LogP contribution in [0.1, 0.15) is 29.4 Å². The third kappa shape index (κ3) is 4.82. The first-order valence-corrected chi connectivity index (χ1v) is 13.2. The van der Waals surface area contributed by atoms with E-state index >= 15 is 0 Å². The molecule has 1 amide bonds. The molecule has 2 heterocycles. The quantitative estimate of drug-likeness (QED) is 0.480. The topological polar surface area (TPSA) is 78.5 Å². The summed E-state index contributed by atoms with van der Waals surface area (Å²) in [6, 6.07) is 13.9. The molecular weight excluding hydrogens is 486 g/mol. The lowest BCUT2D eigenvalue weighted by Crippen LogP contribution is -2.37. The van der Waals surface area contributed by atoms with Crippen LogP contribution in [-0.4, -0.2) is 36.8 Å². The van der Waals surface area contributed by atoms with Crippen molar-refractivity contribution in [3.8, 4) is 0 Å². The Morgan fingerprint density at radius 3 is 2.44 bits per heavy atom. The average Bonchev–Trinajstić information content (AvgIpc) is 3.11. The van der Waals surface area contributed by atoms with Gasteiger partial charge in [0.05, 0.1) is 9.92 Å². The minimum Gasteiger partial charge on any atom is -0.332 e. The number of carbonyl (C=O) groups excluding carboxylic acids is 1. The first-order chi connectivity index (χ1) is 15.3. The van der Waals surface area contributed by atoms with Gasteiger partial charge in [-0.15, -0.1) is 11.3 Å². The predicted molar refractivity (Wildman–Crippen MR) is 134 cm³/mol.